The molecule has 1 rings (SSSR count). The van der Waals surface area contributed by atoms with E-state index in [9.17, 15) is 4.79 Å². The average molecular weight is 142 g/mol. The Hall–Kier alpha value is -0.830. The summed E-state index contributed by atoms with van der Waals surface area (Å²) in [5.74, 6) is -0.977. The van der Waals surface area contributed by atoms with Crippen LogP contribution in [-0.4, -0.2) is 17.1 Å². The van der Waals surface area contributed by atoms with Gasteiger partial charge in [0, 0.05) is 6.42 Å². The van der Waals surface area contributed by atoms with Crippen LogP contribution in [0.4, 0.5) is 0 Å². The molecule has 0 aromatic rings. The van der Waals surface area contributed by atoms with Crippen molar-refractivity contribution in [3.05, 3.63) is 12.2 Å². The largest absolute Gasteiger partial charge is 0.481 e. The van der Waals surface area contributed by atoms with E-state index in [-0.39, 0.29) is 12.0 Å². The zero-order valence-electron chi connectivity index (χ0n) is 5.79. The lowest BCUT2D eigenvalue weighted by molar-refractivity contribution is -0.429. The van der Waals surface area contributed by atoms with Gasteiger partial charge in [0.05, 0.1) is 0 Å². The molecule has 3 nitrogen and oxygen atoms in total. The van der Waals surface area contributed by atoms with Crippen LogP contribution < -0.4 is 5.73 Å². The van der Waals surface area contributed by atoms with E-state index in [1.54, 1.807) is 0 Å². The van der Waals surface area contributed by atoms with E-state index >= 15 is 0 Å². The Morgan fingerprint density at radius 3 is 2.50 bits per heavy atom. The van der Waals surface area contributed by atoms with Crippen molar-refractivity contribution in [3.63, 3.8) is 0 Å². The molecule has 56 valence electrons. The molecule has 0 spiro atoms. The van der Waals surface area contributed by atoms with Gasteiger partial charge in [-0.25, -0.2) is 0 Å². The molecule has 4 N–H and O–H groups in total. The number of carboxylic acids is 1. The number of hydrogen-bond acceptors (Lipinski definition) is 1. The normalized spacial score (nSPS) is 32.1. The number of hydrogen-bond donors (Lipinski definition) is 2. The Balaban J connectivity index is 2.59. The summed E-state index contributed by atoms with van der Waals surface area (Å²) in [4.78, 5) is 10.5. The van der Waals surface area contributed by atoms with Gasteiger partial charge in [0.1, 0.15) is 12.0 Å². The van der Waals surface area contributed by atoms with Gasteiger partial charge in [0.2, 0.25) is 0 Å². The monoisotopic (exact) mass is 142 g/mol. The van der Waals surface area contributed by atoms with E-state index in [4.69, 9.17) is 5.11 Å². The first-order valence-electron chi connectivity index (χ1n) is 3.42. The van der Waals surface area contributed by atoms with Gasteiger partial charge < -0.3 is 10.8 Å². The molecule has 1 aliphatic carbocycles. The average Bonchev–Trinajstić information content (AvgIpc) is 1.88. The lowest BCUT2D eigenvalue weighted by Gasteiger charge is -2.17. The van der Waals surface area contributed by atoms with Crippen molar-refractivity contribution in [2.45, 2.75) is 18.9 Å². The van der Waals surface area contributed by atoms with Crippen molar-refractivity contribution >= 4 is 5.97 Å². The van der Waals surface area contributed by atoms with E-state index in [1.165, 1.54) is 0 Å². The van der Waals surface area contributed by atoms with Gasteiger partial charge in [-0.1, -0.05) is 12.2 Å². The fraction of sp³-hybridized carbons (Fsp3) is 0.571. The standard InChI is InChI=1S/C7H11NO2/c8-6-4-2-1-3-5(6)7(9)10/h1-2,5-6H,3-4,8H2,(H,9,10)/p+1/t5-,6+/m0/s1. The molecule has 0 heterocycles. The molecule has 2 atom stereocenters. The Morgan fingerprint density at radius 1 is 1.50 bits per heavy atom. The van der Waals surface area contributed by atoms with E-state index < -0.39 is 5.97 Å². The van der Waals surface area contributed by atoms with Crippen molar-refractivity contribution in [2.75, 3.05) is 0 Å². The van der Waals surface area contributed by atoms with Gasteiger partial charge in [-0.05, 0) is 6.42 Å². The van der Waals surface area contributed by atoms with Gasteiger partial charge in [-0.3, -0.25) is 4.79 Å². The third-order valence-corrected chi connectivity index (χ3v) is 1.88. The van der Waals surface area contributed by atoms with Crippen molar-refractivity contribution in [1.82, 2.24) is 0 Å². The van der Waals surface area contributed by atoms with Crippen LogP contribution in [0.25, 0.3) is 0 Å². The number of allylic oxidation sites excluding steroid dienone is 1. The van der Waals surface area contributed by atoms with E-state index in [0.717, 1.165) is 6.42 Å². The molecule has 0 fully saturated rings. The Labute approximate surface area is 59.5 Å². The fourth-order valence-electron chi connectivity index (χ4n) is 1.17. The molecule has 0 saturated carbocycles. The number of rotatable bonds is 1. The second kappa shape index (κ2) is 2.84. The highest BCUT2D eigenvalue weighted by Crippen LogP contribution is 2.15. The van der Waals surface area contributed by atoms with E-state index in [0.29, 0.717) is 6.42 Å². The Kier molecular flexibility index (Phi) is 2.06. The van der Waals surface area contributed by atoms with Gasteiger partial charge in [-0.2, -0.15) is 0 Å². The first kappa shape index (κ1) is 7.28. The summed E-state index contributed by atoms with van der Waals surface area (Å²) in [5, 5.41) is 8.63. The summed E-state index contributed by atoms with van der Waals surface area (Å²) in [6.07, 6.45) is 5.36. The van der Waals surface area contributed by atoms with Crippen LogP contribution >= 0.6 is 0 Å². The van der Waals surface area contributed by atoms with Crippen molar-refractivity contribution in [3.8, 4) is 0 Å². The molecule has 0 saturated heterocycles. The maximum Gasteiger partial charge on any atom is 0.312 e. The summed E-state index contributed by atoms with van der Waals surface area (Å²) in [6.45, 7) is 0. The molecule has 0 unspecified atom stereocenters. The minimum atomic E-state index is -0.718. The quantitative estimate of drug-likeness (QED) is 0.491. The first-order valence-corrected chi connectivity index (χ1v) is 3.42. The second-order valence-corrected chi connectivity index (χ2v) is 2.65. The Bertz CT molecular complexity index is 165. The van der Waals surface area contributed by atoms with Crippen molar-refractivity contribution in [2.24, 2.45) is 5.92 Å². The van der Waals surface area contributed by atoms with Crippen LogP contribution in [0.2, 0.25) is 0 Å². The minimum absolute atomic E-state index is 0.0579. The van der Waals surface area contributed by atoms with Crippen LogP contribution in [0, 0.1) is 5.92 Å². The molecule has 0 amide bonds. The molecular weight excluding hydrogens is 130 g/mol. The molecule has 0 aromatic heterocycles. The topological polar surface area (TPSA) is 64.9 Å². The molecular formula is C7H12NO2+. The van der Waals surface area contributed by atoms with Crippen LogP contribution in [0.3, 0.4) is 0 Å². The maximum absolute atomic E-state index is 10.5. The molecule has 0 aliphatic heterocycles. The zero-order chi connectivity index (χ0) is 7.56. The van der Waals surface area contributed by atoms with Crippen molar-refractivity contribution < 1.29 is 15.6 Å². The van der Waals surface area contributed by atoms with Crippen LogP contribution in [0.5, 0.6) is 0 Å². The zero-order valence-corrected chi connectivity index (χ0v) is 5.79. The number of carbonyl (C=O) groups is 1. The lowest BCUT2D eigenvalue weighted by atomic mass is 9.90. The molecule has 0 bridgehead atoms. The predicted octanol–water partition coefficient (Wildman–Crippen LogP) is -0.352. The SMILES string of the molecule is [NH3+][C@@H]1CC=CC[C@@H]1C(=O)O. The lowest BCUT2D eigenvalue weighted by Crippen LogP contribution is -2.65. The maximum atomic E-state index is 10.5. The third kappa shape index (κ3) is 1.36. The molecule has 0 radical (unpaired) electrons. The highest BCUT2D eigenvalue weighted by atomic mass is 16.4. The van der Waals surface area contributed by atoms with Gasteiger partial charge in [0.15, 0.2) is 0 Å². The second-order valence-electron chi connectivity index (χ2n) is 2.65. The Morgan fingerprint density at radius 2 is 2.10 bits per heavy atom. The highest BCUT2D eigenvalue weighted by molar-refractivity contribution is 5.71. The summed E-state index contributed by atoms with van der Waals surface area (Å²) in [7, 11) is 0. The highest BCUT2D eigenvalue weighted by Gasteiger charge is 2.28. The number of quaternary nitrogens is 1. The molecule has 10 heavy (non-hydrogen) atoms. The van der Waals surface area contributed by atoms with Crippen LogP contribution in [0.15, 0.2) is 12.2 Å². The minimum Gasteiger partial charge on any atom is -0.481 e. The van der Waals surface area contributed by atoms with E-state index in [1.807, 2.05) is 12.2 Å². The smallest absolute Gasteiger partial charge is 0.312 e. The fourth-order valence-corrected chi connectivity index (χ4v) is 1.17. The summed E-state index contributed by atoms with van der Waals surface area (Å²) < 4.78 is 0. The predicted molar refractivity (Wildman–Crippen MR) is 36.2 cm³/mol. The third-order valence-electron chi connectivity index (χ3n) is 1.88. The number of carboxylic acid groups (broad SMARTS) is 1. The summed E-state index contributed by atoms with van der Waals surface area (Å²) in [5.41, 5.74) is 3.77. The van der Waals surface area contributed by atoms with Crippen molar-refractivity contribution in [1.29, 1.82) is 0 Å². The molecule has 3 heteroatoms. The summed E-state index contributed by atoms with van der Waals surface area (Å²) in [6, 6.07) is 0.0579. The first-order chi connectivity index (χ1) is 4.72. The molecule has 0 aromatic carbocycles. The summed E-state index contributed by atoms with van der Waals surface area (Å²) >= 11 is 0. The van der Waals surface area contributed by atoms with Crippen LogP contribution in [-0.2, 0) is 4.79 Å². The van der Waals surface area contributed by atoms with Gasteiger partial charge in [-0.15, -0.1) is 0 Å². The van der Waals surface area contributed by atoms with Gasteiger partial charge in [0.25, 0.3) is 0 Å². The van der Waals surface area contributed by atoms with Crippen LogP contribution in [0.1, 0.15) is 12.8 Å². The number of aliphatic carboxylic acids is 1. The van der Waals surface area contributed by atoms with E-state index in [2.05, 4.69) is 5.73 Å². The van der Waals surface area contributed by atoms with Gasteiger partial charge >= 0.3 is 5.97 Å². The molecule has 1 aliphatic rings.